The van der Waals surface area contributed by atoms with E-state index in [-0.39, 0.29) is 17.1 Å². The van der Waals surface area contributed by atoms with Crippen LogP contribution in [0.3, 0.4) is 0 Å². The second-order valence-corrected chi connectivity index (χ2v) is 6.12. The zero-order valence-corrected chi connectivity index (χ0v) is 14.1. The molecule has 138 valence electrons. The highest BCUT2D eigenvalue weighted by molar-refractivity contribution is 6.05. The number of hydrogen-bond acceptors (Lipinski definition) is 8. The van der Waals surface area contributed by atoms with Gasteiger partial charge in [-0.25, -0.2) is 10.5 Å². The van der Waals surface area contributed by atoms with Crippen LogP contribution in [0.4, 0.5) is 5.69 Å². The standard InChI is InChI=1S/C17H12N8O3/c26-17-14(19-11-3-1-2-4-12(11)20-17)13-15(25(27)28)9-7-8(5-6-10(9)18-13)16-21-23-24-22-16/h1-7,18,23-24H,(H,20,26)(H,21,22). The van der Waals surface area contributed by atoms with Crippen LogP contribution >= 0.6 is 0 Å². The fourth-order valence-electron chi connectivity index (χ4n) is 3.22. The van der Waals surface area contributed by atoms with Crippen LogP contribution in [-0.4, -0.2) is 25.7 Å². The molecule has 2 aromatic heterocycles. The lowest BCUT2D eigenvalue weighted by Crippen LogP contribution is -2.35. The molecule has 0 radical (unpaired) electrons. The molecule has 0 saturated heterocycles. The largest absolute Gasteiger partial charge is 0.347 e. The van der Waals surface area contributed by atoms with Crippen molar-refractivity contribution in [2.75, 3.05) is 0 Å². The minimum atomic E-state index is -0.519. The van der Waals surface area contributed by atoms with Crippen molar-refractivity contribution in [2.45, 2.75) is 0 Å². The normalized spacial score (nSPS) is 13.4. The third-order valence-corrected chi connectivity index (χ3v) is 4.47. The molecule has 1 aliphatic rings. The first kappa shape index (κ1) is 16.0. The molecule has 0 unspecified atom stereocenters. The summed E-state index contributed by atoms with van der Waals surface area (Å²) in [6.45, 7) is 0. The summed E-state index contributed by atoms with van der Waals surface area (Å²) < 4.78 is 0. The van der Waals surface area contributed by atoms with Crippen LogP contribution < -0.4 is 22.1 Å². The summed E-state index contributed by atoms with van der Waals surface area (Å²) in [5.41, 5.74) is 9.48. The Labute approximate surface area is 155 Å². The van der Waals surface area contributed by atoms with Crippen molar-refractivity contribution in [3.05, 3.63) is 68.5 Å². The quantitative estimate of drug-likeness (QED) is 0.266. The van der Waals surface area contributed by atoms with Gasteiger partial charge in [-0.1, -0.05) is 12.1 Å². The number of hydrogen-bond donors (Lipinski definition) is 5. The van der Waals surface area contributed by atoms with Crippen LogP contribution in [-0.2, 0) is 0 Å². The van der Waals surface area contributed by atoms with E-state index in [9.17, 15) is 14.9 Å². The fraction of sp³-hybridized carbons (Fsp3) is 0. The van der Waals surface area contributed by atoms with E-state index >= 15 is 0 Å². The van der Waals surface area contributed by atoms with E-state index in [0.717, 1.165) is 0 Å². The molecule has 1 aliphatic heterocycles. The molecule has 5 N–H and O–H groups in total. The number of nitro groups is 1. The number of hydrazone groups is 1. The molecule has 0 bridgehead atoms. The molecule has 3 heterocycles. The Bertz CT molecular complexity index is 1350. The predicted molar refractivity (Wildman–Crippen MR) is 102 cm³/mol. The number of nitrogens with zero attached hydrogens (tertiary/aromatic N) is 3. The molecule has 0 aliphatic carbocycles. The molecule has 0 spiro atoms. The molecule has 0 fully saturated rings. The molecule has 2 aromatic carbocycles. The van der Waals surface area contributed by atoms with Gasteiger partial charge >= 0.3 is 5.69 Å². The summed E-state index contributed by atoms with van der Waals surface area (Å²) in [6.07, 6.45) is 0. The van der Waals surface area contributed by atoms with Crippen molar-refractivity contribution >= 4 is 33.5 Å². The Morgan fingerprint density at radius 2 is 1.89 bits per heavy atom. The van der Waals surface area contributed by atoms with Crippen molar-refractivity contribution in [1.82, 2.24) is 31.4 Å². The summed E-state index contributed by atoms with van der Waals surface area (Å²) in [6, 6.07) is 12.1. The molecular weight excluding hydrogens is 364 g/mol. The van der Waals surface area contributed by atoms with Crippen LogP contribution in [0, 0.1) is 10.1 Å². The third kappa shape index (κ3) is 2.38. The Kier molecular flexibility index (Phi) is 3.36. The van der Waals surface area contributed by atoms with Crippen molar-refractivity contribution < 1.29 is 4.92 Å². The van der Waals surface area contributed by atoms with Gasteiger partial charge in [-0.05, 0) is 30.3 Å². The smallest absolute Gasteiger partial charge is 0.304 e. The van der Waals surface area contributed by atoms with E-state index in [1.807, 2.05) is 0 Å². The number of aromatic nitrogens is 3. The summed E-state index contributed by atoms with van der Waals surface area (Å²) in [4.78, 5) is 33.9. The van der Waals surface area contributed by atoms with Crippen molar-refractivity contribution in [3.8, 4) is 11.4 Å². The Hall–Kier alpha value is -4.25. The Balaban J connectivity index is 1.78. The van der Waals surface area contributed by atoms with Crippen molar-refractivity contribution in [3.63, 3.8) is 0 Å². The van der Waals surface area contributed by atoms with E-state index in [4.69, 9.17) is 0 Å². The van der Waals surface area contributed by atoms with Gasteiger partial charge in [0.05, 0.1) is 26.9 Å². The maximum atomic E-state index is 12.6. The fourth-order valence-corrected chi connectivity index (χ4v) is 3.22. The Morgan fingerprint density at radius 3 is 2.68 bits per heavy atom. The van der Waals surface area contributed by atoms with Crippen molar-refractivity contribution in [2.24, 2.45) is 5.10 Å². The lowest BCUT2D eigenvalue weighted by molar-refractivity contribution is -0.382. The topological polar surface area (TPSA) is 153 Å². The molecule has 5 rings (SSSR count). The average molecular weight is 376 g/mol. The first-order valence-electron chi connectivity index (χ1n) is 8.25. The van der Waals surface area contributed by atoms with Crippen LogP contribution in [0.25, 0.3) is 33.3 Å². The van der Waals surface area contributed by atoms with Crippen LogP contribution in [0.15, 0.2) is 52.4 Å². The van der Waals surface area contributed by atoms with Gasteiger partial charge in [-0.3, -0.25) is 20.3 Å². The predicted octanol–water partition coefficient (Wildman–Crippen LogP) is 1.25. The first-order chi connectivity index (χ1) is 13.6. The van der Waals surface area contributed by atoms with Gasteiger partial charge in [-0.2, -0.15) is 0 Å². The summed E-state index contributed by atoms with van der Waals surface area (Å²) >= 11 is 0. The minimum Gasteiger partial charge on any atom is -0.347 e. The van der Waals surface area contributed by atoms with E-state index < -0.39 is 10.5 Å². The lowest BCUT2D eigenvalue weighted by atomic mass is 10.1. The SMILES string of the molecule is O=c1[nH]c2ccccc2nc1-c1[nH]c2ccc(C3=NNNN3)cc2c1[N+](=O)[O-]. The number of fused-ring (bicyclic) bond motifs is 2. The maximum absolute atomic E-state index is 12.6. The number of aromatic amines is 2. The molecule has 0 saturated carbocycles. The van der Waals surface area contributed by atoms with Gasteiger partial charge in [-0.15, -0.1) is 10.6 Å². The van der Waals surface area contributed by atoms with Gasteiger partial charge < -0.3 is 9.97 Å². The minimum absolute atomic E-state index is 0.0391. The monoisotopic (exact) mass is 376 g/mol. The average Bonchev–Trinajstić information content (AvgIpc) is 3.34. The number of hydrazine groups is 2. The van der Waals surface area contributed by atoms with Gasteiger partial charge in [0, 0.05) is 5.56 Å². The molecule has 11 heteroatoms. The van der Waals surface area contributed by atoms with Crippen LogP contribution in [0.5, 0.6) is 0 Å². The first-order valence-corrected chi connectivity index (χ1v) is 8.25. The lowest BCUT2D eigenvalue weighted by Gasteiger charge is -2.01. The highest BCUT2D eigenvalue weighted by Crippen LogP contribution is 2.35. The number of H-pyrrole nitrogens is 2. The van der Waals surface area contributed by atoms with Gasteiger partial charge in [0.15, 0.2) is 11.5 Å². The van der Waals surface area contributed by atoms with Crippen LogP contribution in [0.1, 0.15) is 5.56 Å². The molecule has 11 nitrogen and oxygen atoms in total. The molecule has 0 atom stereocenters. The number of rotatable bonds is 3. The summed E-state index contributed by atoms with van der Waals surface area (Å²) in [5.74, 6) is 0.487. The number of para-hydroxylation sites is 2. The van der Waals surface area contributed by atoms with Gasteiger partial charge in [0.25, 0.3) is 5.56 Å². The number of amidine groups is 1. The molecule has 28 heavy (non-hydrogen) atoms. The highest BCUT2D eigenvalue weighted by Gasteiger charge is 2.27. The third-order valence-electron chi connectivity index (χ3n) is 4.47. The zero-order valence-electron chi connectivity index (χ0n) is 14.1. The molecular formula is C17H12N8O3. The molecule has 4 aromatic rings. The molecule has 0 amide bonds. The number of benzene rings is 2. The Morgan fingerprint density at radius 1 is 1.04 bits per heavy atom. The van der Waals surface area contributed by atoms with E-state index in [0.29, 0.717) is 33.3 Å². The number of nitrogens with one attached hydrogen (secondary N) is 5. The van der Waals surface area contributed by atoms with Crippen LogP contribution in [0.2, 0.25) is 0 Å². The second-order valence-electron chi connectivity index (χ2n) is 6.12. The summed E-state index contributed by atoms with van der Waals surface area (Å²) in [5, 5.41) is 16.2. The van der Waals surface area contributed by atoms with Crippen molar-refractivity contribution in [1.29, 1.82) is 0 Å². The maximum Gasteiger partial charge on any atom is 0.304 e. The van der Waals surface area contributed by atoms with Gasteiger partial charge in [0.1, 0.15) is 5.69 Å². The zero-order chi connectivity index (χ0) is 19.3. The van der Waals surface area contributed by atoms with Gasteiger partial charge in [0.2, 0.25) is 0 Å². The highest BCUT2D eigenvalue weighted by atomic mass is 16.6. The summed E-state index contributed by atoms with van der Waals surface area (Å²) in [7, 11) is 0. The van der Waals surface area contributed by atoms with E-state index in [1.165, 1.54) is 0 Å². The second kappa shape index (κ2) is 5.89. The van der Waals surface area contributed by atoms with E-state index in [1.54, 1.807) is 42.5 Å². The van der Waals surface area contributed by atoms with E-state index in [2.05, 4.69) is 36.5 Å².